The topological polar surface area (TPSA) is 80.9 Å². The Balaban J connectivity index is 2.48. The van der Waals surface area contributed by atoms with Gasteiger partial charge in [-0.15, -0.1) is 0 Å². The molecule has 2 rings (SSSR count). The number of carboxylic acids is 1. The van der Waals surface area contributed by atoms with E-state index in [1.54, 1.807) is 23.9 Å². The minimum atomic E-state index is -1.02. The van der Waals surface area contributed by atoms with Crippen molar-refractivity contribution in [2.45, 2.75) is 20.3 Å². The molecule has 0 saturated carbocycles. The average Bonchev–Trinajstić information content (AvgIpc) is 2.76. The molecule has 0 aromatic carbocycles. The van der Waals surface area contributed by atoms with E-state index in [0.717, 1.165) is 12.2 Å². The van der Waals surface area contributed by atoms with E-state index >= 15 is 0 Å². The second kappa shape index (κ2) is 4.32. The van der Waals surface area contributed by atoms with Gasteiger partial charge in [0.15, 0.2) is 0 Å². The molecule has 0 amide bonds. The van der Waals surface area contributed by atoms with Crippen LogP contribution >= 0.6 is 0 Å². The van der Waals surface area contributed by atoms with Crippen LogP contribution in [0, 0.1) is 6.92 Å². The first-order chi connectivity index (χ1) is 8.13. The summed E-state index contributed by atoms with van der Waals surface area (Å²) in [5.74, 6) is 0.268. The summed E-state index contributed by atoms with van der Waals surface area (Å²) in [6.07, 6.45) is 5.51. The maximum Gasteiger partial charge on any atom is 0.339 e. The van der Waals surface area contributed by atoms with Gasteiger partial charge in [0.05, 0.1) is 11.3 Å². The Morgan fingerprint density at radius 2 is 2.24 bits per heavy atom. The molecule has 0 atom stereocenters. The number of aromatic nitrogens is 4. The van der Waals surface area contributed by atoms with Crippen molar-refractivity contribution in [2.75, 3.05) is 0 Å². The summed E-state index contributed by atoms with van der Waals surface area (Å²) in [7, 11) is 0. The SMILES string of the molecule is CCc1nccn1-c1ncc(C(=O)O)c(C)n1. The van der Waals surface area contributed by atoms with Crippen LogP contribution in [0.4, 0.5) is 0 Å². The van der Waals surface area contributed by atoms with Gasteiger partial charge in [0.1, 0.15) is 5.82 Å². The predicted molar refractivity (Wildman–Crippen MR) is 60.2 cm³/mol. The fraction of sp³-hybridized carbons (Fsp3) is 0.273. The van der Waals surface area contributed by atoms with Crippen molar-refractivity contribution in [3.8, 4) is 5.95 Å². The van der Waals surface area contributed by atoms with E-state index in [-0.39, 0.29) is 5.56 Å². The fourth-order valence-corrected chi connectivity index (χ4v) is 1.56. The number of aryl methyl sites for hydroxylation is 2. The summed E-state index contributed by atoms with van der Waals surface area (Å²) in [4.78, 5) is 23.2. The standard InChI is InChI=1S/C11H12N4O2/c1-3-9-12-4-5-15(9)11-13-6-8(10(16)17)7(2)14-11/h4-6H,3H2,1-2H3,(H,16,17). The summed E-state index contributed by atoms with van der Waals surface area (Å²) in [6, 6.07) is 0. The molecule has 0 aliphatic rings. The largest absolute Gasteiger partial charge is 0.478 e. The van der Waals surface area contributed by atoms with Gasteiger partial charge in [0, 0.05) is 25.0 Å². The summed E-state index contributed by atoms with van der Waals surface area (Å²) < 4.78 is 1.75. The van der Waals surface area contributed by atoms with E-state index < -0.39 is 5.97 Å². The first-order valence-electron chi connectivity index (χ1n) is 5.23. The molecular formula is C11H12N4O2. The Morgan fingerprint density at radius 1 is 1.47 bits per heavy atom. The molecule has 2 aromatic rings. The highest BCUT2D eigenvalue weighted by atomic mass is 16.4. The van der Waals surface area contributed by atoms with Crippen molar-refractivity contribution in [1.29, 1.82) is 0 Å². The highest BCUT2D eigenvalue weighted by molar-refractivity contribution is 5.88. The van der Waals surface area contributed by atoms with Crippen molar-refractivity contribution in [1.82, 2.24) is 19.5 Å². The summed E-state index contributed by atoms with van der Waals surface area (Å²) in [5.41, 5.74) is 0.560. The quantitative estimate of drug-likeness (QED) is 0.860. The number of rotatable bonds is 3. The molecule has 0 bridgehead atoms. The lowest BCUT2D eigenvalue weighted by Gasteiger charge is -2.06. The molecule has 0 radical (unpaired) electrons. The summed E-state index contributed by atoms with van der Waals surface area (Å²) >= 11 is 0. The zero-order chi connectivity index (χ0) is 12.4. The van der Waals surface area contributed by atoms with E-state index in [9.17, 15) is 4.79 Å². The Hall–Kier alpha value is -2.24. The van der Waals surface area contributed by atoms with Crippen LogP contribution < -0.4 is 0 Å². The maximum absolute atomic E-state index is 10.8. The van der Waals surface area contributed by atoms with Crippen LogP contribution in [0.5, 0.6) is 0 Å². The van der Waals surface area contributed by atoms with E-state index in [4.69, 9.17) is 5.11 Å². The molecule has 6 nitrogen and oxygen atoms in total. The lowest BCUT2D eigenvalue weighted by atomic mass is 10.2. The number of hydrogen-bond donors (Lipinski definition) is 1. The van der Waals surface area contributed by atoms with Crippen molar-refractivity contribution < 1.29 is 9.90 Å². The highest BCUT2D eigenvalue weighted by Gasteiger charge is 2.12. The van der Waals surface area contributed by atoms with Crippen LogP contribution in [0.3, 0.4) is 0 Å². The van der Waals surface area contributed by atoms with Crippen LogP contribution in [0.2, 0.25) is 0 Å². The predicted octanol–water partition coefficient (Wildman–Crippen LogP) is 1.23. The Bertz CT molecular complexity index is 562. The lowest BCUT2D eigenvalue weighted by molar-refractivity contribution is 0.0695. The van der Waals surface area contributed by atoms with E-state index in [2.05, 4.69) is 15.0 Å². The smallest absolute Gasteiger partial charge is 0.339 e. The number of imidazole rings is 1. The minimum absolute atomic E-state index is 0.118. The van der Waals surface area contributed by atoms with Crippen LogP contribution in [-0.2, 0) is 6.42 Å². The number of carbonyl (C=O) groups is 1. The van der Waals surface area contributed by atoms with Gasteiger partial charge in [-0.1, -0.05) is 6.92 Å². The lowest BCUT2D eigenvalue weighted by Crippen LogP contribution is -2.09. The molecular weight excluding hydrogens is 220 g/mol. The molecule has 0 fully saturated rings. The van der Waals surface area contributed by atoms with Gasteiger partial charge in [-0.25, -0.2) is 19.7 Å². The number of hydrogen-bond acceptors (Lipinski definition) is 4. The average molecular weight is 232 g/mol. The fourth-order valence-electron chi connectivity index (χ4n) is 1.56. The molecule has 2 aromatic heterocycles. The zero-order valence-corrected chi connectivity index (χ0v) is 9.58. The third-order valence-electron chi connectivity index (χ3n) is 2.45. The second-order valence-corrected chi connectivity index (χ2v) is 3.54. The van der Waals surface area contributed by atoms with Crippen molar-refractivity contribution in [3.63, 3.8) is 0 Å². The van der Waals surface area contributed by atoms with E-state index in [0.29, 0.717) is 11.6 Å². The zero-order valence-electron chi connectivity index (χ0n) is 9.58. The molecule has 0 saturated heterocycles. The minimum Gasteiger partial charge on any atom is -0.478 e. The maximum atomic E-state index is 10.8. The highest BCUT2D eigenvalue weighted by Crippen LogP contribution is 2.09. The Morgan fingerprint density at radius 3 is 2.82 bits per heavy atom. The molecule has 0 spiro atoms. The first kappa shape index (κ1) is 11.3. The molecule has 88 valence electrons. The first-order valence-corrected chi connectivity index (χ1v) is 5.23. The second-order valence-electron chi connectivity index (χ2n) is 3.54. The monoisotopic (exact) mass is 232 g/mol. The summed E-state index contributed by atoms with van der Waals surface area (Å²) in [6.45, 7) is 3.63. The molecule has 1 N–H and O–H groups in total. The van der Waals surface area contributed by atoms with Crippen molar-refractivity contribution in [2.24, 2.45) is 0 Å². The Kier molecular flexibility index (Phi) is 2.86. The van der Waals surface area contributed by atoms with Crippen LogP contribution in [0.25, 0.3) is 5.95 Å². The molecule has 2 heterocycles. The molecule has 17 heavy (non-hydrogen) atoms. The third kappa shape index (κ3) is 2.01. The number of carboxylic acid groups (broad SMARTS) is 1. The van der Waals surface area contributed by atoms with Crippen LogP contribution in [-0.4, -0.2) is 30.6 Å². The van der Waals surface area contributed by atoms with E-state index in [1.807, 2.05) is 6.92 Å². The molecule has 0 aliphatic heterocycles. The number of aromatic carboxylic acids is 1. The van der Waals surface area contributed by atoms with Gasteiger partial charge in [-0.3, -0.25) is 4.57 Å². The number of nitrogens with zero attached hydrogens (tertiary/aromatic N) is 4. The van der Waals surface area contributed by atoms with Gasteiger partial charge in [0.25, 0.3) is 0 Å². The third-order valence-corrected chi connectivity index (χ3v) is 2.45. The molecule has 6 heteroatoms. The normalized spacial score (nSPS) is 10.5. The van der Waals surface area contributed by atoms with E-state index in [1.165, 1.54) is 6.20 Å². The van der Waals surface area contributed by atoms with Crippen LogP contribution in [0.15, 0.2) is 18.6 Å². The van der Waals surface area contributed by atoms with Gasteiger partial charge < -0.3 is 5.11 Å². The van der Waals surface area contributed by atoms with Gasteiger partial charge in [0.2, 0.25) is 5.95 Å². The van der Waals surface area contributed by atoms with Crippen molar-refractivity contribution >= 4 is 5.97 Å². The Labute approximate surface area is 98.0 Å². The van der Waals surface area contributed by atoms with Crippen LogP contribution in [0.1, 0.15) is 28.8 Å². The molecule has 0 unspecified atom stereocenters. The summed E-state index contributed by atoms with van der Waals surface area (Å²) in [5, 5.41) is 8.89. The van der Waals surface area contributed by atoms with Crippen molar-refractivity contribution in [3.05, 3.63) is 35.7 Å². The van der Waals surface area contributed by atoms with Gasteiger partial charge in [-0.05, 0) is 6.92 Å². The molecule has 0 aliphatic carbocycles. The van der Waals surface area contributed by atoms with Gasteiger partial charge >= 0.3 is 5.97 Å². The van der Waals surface area contributed by atoms with Gasteiger partial charge in [-0.2, -0.15) is 0 Å².